The number of nitrogens with zero attached hydrogens (tertiary/aromatic N) is 3. The molecule has 6 nitrogen and oxygen atoms in total. The molecule has 0 amide bonds. The van der Waals surface area contributed by atoms with Crippen LogP contribution in [0, 0.1) is 0 Å². The van der Waals surface area contributed by atoms with Crippen molar-refractivity contribution in [2.75, 3.05) is 6.61 Å². The summed E-state index contributed by atoms with van der Waals surface area (Å²) in [7, 11) is 0. The lowest BCUT2D eigenvalue weighted by atomic mass is 10.2. The normalized spacial score (nSPS) is 10.3. The van der Waals surface area contributed by atoms with Gasteiger partial charge in [-0.2, -0.15) is 4.98 Å². The number of hydrogen-bond donors (Lipinski definition) is 0. The summed E-state index contributed by atoms with van der Waals surface area (Å²) in [5.41, 5.74) is 1.04. The maximum atomic E-state index is 11.2. The second-order valence-corrected chi connectivity index (χ2v) is 3.62. The van der Waals surface area contributed by atoms with Gasteiger partial charge >= 0.3 is 5.97 Å². The molecule has 2 aromatic rings. The molecule has 0 N–H and O–H groups in total. The van der Waals surface area contributed by atoms with Crippen molar-refractivity contribution in [1.29, 1.82) is 0 Å². The van der Waals surface area contributed by atoms with E-state index in [-0.39, 0.29) is 18.3 Å². The summed E-state index contributed by atoms with van der Waals surface area (Å²) >= 11 is 0. The van der Waals surface area contributed by atoms with Crippen LogP contribution in [0.5, 0.6) is 0 Å². The lowest BCUT2D eigenvalue weighted by molar-refractivity contribution is -0.142. The molecule has 94 valence electrons. The van der Waals surface area contributed by atoms with Crippen LogP contribution < -0.4 is 0 Å². The van der Waals surface area contributed by atoms with Gasteiger partial charge in [-0.3, -0.25) is 9.78 Å². The van der Waals surface area contributed by atoms with E-state index in [1.807, 2.05) is 12.1 Å². The largest absolute Gasteiger partial charge is 0.466 e. The van der Waals surface area contributed by atoms with Crippen LogP contribution in [0.15, 0.2) is 29.0 Å². The van der Waals surface area contributed by atoms with Crippen molar-refractivity contribution >= 4 is 5.97 Å². The minimum Gasteiger partial charge on any atom is -0.466 e. The summed E-state index contributed by atoms with van der Waals surface area (Å²) in [6.07, 6.45) is 3.97. The molecule has 0 atom stereocenters. The van der Waals surface area contributed by atoms with Crippen LogP contribution in [0.3, 0.4) is 0 Å². The number of hydrogen-bond acceptors (Lipinski definition) is 6. The van der Waals surface area contributed by atoms with Crippen molar-refractivity contribution in [2.45, 2.75) is 19.8 Å². The van der Waals surface area contributed by atoms with Crippen molar-refractivity contribution in [3.63, 3.8) is 0 Å². The van der Waals surface area contributed by atoms with Gasteiger partial charge in [0.25, 0.3) is 0 Å². The summed E-state index contributed by atoms with van der Waals surface area (Å²) in [6.45, 7) is 2.09. The molecule has 0 aromatic carbocycles. The Morgan fingerprint density at radius 2 is 2.17 bits per heavy atom. The number of carbonyl (C=O) groups excluding carboxylic acids is 1. The highest BCUT2D eigenvalue weighted by molar-refractivity contribution is 5.71. The zero-order valence-electron chi connectivity index (χ0n) is 10.00. The van der Waals surface area contributed by atoms with E-state index < -0.39 is 0 Å². The van der Waals surface area contributed by atoms with Crippen LogP contribution in [0.25, 0.3) is 0 Å². The highest BCUT2D eigenvalue weighted by Gasteiger charge is 2.12. The van der Waals surface area contributed by atoms with E-state index in [1.54, 1.807) is 19.3 Å². The zero-order chi connectivity index (χ0) is 12.8. The summed E-state index contributed by atoms with van der Waals surface area (Å²) < 4.78 is 9.77. The third-order valence-corrected chi connectivity index (χ3v) is 2.22. The van der Waals surface area contributed by atoms with Gasteiger partial charge in [0.1, 0.15) is 6.42 Å². The quantitative estimate of drug-likeness (QED) is 0.738. The molecule has 0 bridgehead atoms. The van der Waals surface area contributed by atoms with Crippen LogP contribution >= 0.6 is 0 Å². The predicted octanol–water partition coefficient (Wildman–Crippen LogP) is 1.16. The van der Waals surface area contributed by atoms with Crippen molar-refractivity contribution in [1.82, 2.24) is 15.1 Å². The van der Waals surface area contributed by atoms with E-state index in [1.165, 1.54) is 0 Å². The van der Waals surface area contributed by atoms with Gasteiger partial charge in [-0.1, -0.05) is 5.16 Å². The molecule has 2 rings (SSSR count). The maximum absolute atomic E-state index is 11.2. The molecule has 0 aliphatic heterocycles. The number of esters is 1. The highest BCUT2D eigenvalue weighted by atomic mass is 16.5. The smallest absolute Gasteiger partial charge is 0.315 e. The Morgan fingerprint density at radius 1 is 1.39 bits per heavy atom. The fraction of sp³-hybridized carbons (Fsp3) is 0.333. The molecule has 0 aliphatic rings. The molecule has 0 saturated heterocycles. The van der Waals surface area contributed by atoms with Gasteiger partial charge in [-0.25, -0.2) is 0 Å². The van der Waals surface area contributed by atoms with E-state index >= 15 is 0 Å². The number of ether oxygens (including phenoxy) is 1. The van der Waals surface area contributed by atoms with Crippen LogP contribution in [-0.4, -0.2) is 27.7 Å². The molecule has 0 aliphatic carbocycles. The molecule has 0 spiro atoms. The lowest BCUT2D eigenvalue weighted by Crippen LogP contribution is -2.07. The van der Waals surface area contributed by atoms with Gasteiger partial charge in [0, 0.05) is 18.8 Å². The first-order chi connectivity index (χ1) is 8.78. The first-order valence-corrected chi connectivity index (χ1v) is 5.64. The van der Waals surface area contributed by atoms with Crippen molar-refractivity contribution in [3.8, 4) is 0 Å². The second-order valence-electron chi connectivity index (χ2n) is 3.62. The van der Waals surface area contributed by atoms with Gasteiger partial charge < -0.3 is 9.26 Å². The van der Waals surface area contributed by atoms with E-state index in [9.17, 15) is 4.79 Å². The Labute approximate surface area is 104 Å². The van der Waals surface area contributed by atoms with Crippen molar-refractivity contribution in [2.24, 2.45) is 0 Å². The Balaban J connectivity index is 1.96. The first-order valence-electron chi connectivity index (χ1n) is 5.64. The number of aromatic nitrogens is 3. The molecule has 0 fully saturated rings. The Bertz CT molecular complexity index is 510. The molecular weight excluding hydrogens is 234 g/mol. The predicted molar refractivity (Wildman–Crippen MR) is 61.7 cm³/mol. The minimum absolute atomic E-state index is 0.0111. The number of rotatable bonds is 5. The first kappa shape index (κ1) is 12.2. The molecular formula is C12H13N3O3. The average Bonchev–Trinajstić information content (AvgIpc) is 2.78. The topological polar surface area (TPSA) is 78.1 Å². The van der Waals surface area contributed by atoms with Gasteiger partial charge in [0.2, 0.25) is 5.89 Å². The fourth-order valence-corrected chi connectivity index (χ4v) is 1.45. The van der Waals surface area contributed by atoms with E-state index in [0.29, 0.717) is 18.9 Å². The Morgan fingerprint density at radius 3 is 2.89 bits per heavy atom. The standard InChI is InChI=1S/C12H13N3O3/c1-2-17-12(16)8-11-14-10(15-18-11)7-9-3-5-13-6-4-9/h3-6H,2,7-8H2,1H3. The summed E-state index contributed by atoms with van der Waals surface area (Å²) in [5.74, 6) is 0.453. The lowest BCUT2D eigenvalue weighted by Gasteiger charge is -1.96. The summed E-state index contributed by atoms with van der Waals surface area (Å²) in [6, 6.07) is 3.75. The average molecular weight is 247 g/mol. The van der Waals surface area contributed by atoms with E-state index in [4.69, 9.17) is 9.26 Å². The van der Waals surface area contributed by atoms with Crippen LogP contribution in [0.1, 0.15) is 24.2 Å². The molecule has 18 heavy (non-hydrogen) atoms. The number of pyridine rings is 1. The highest BCUT2D eigenvalue weighted by Crippen LogP contribution is 2.06. The molecule has 0 saturated carbocycles. The van der Waals surface area contributed by atoms with Crippen LogP contribution in [0.2, 0.25) is 0 Å². The summed E-state index contributed by atoms with van der Waals surface area (Å²) in [4.78, 5) is 19.3. The zero-order valence-corrected chi connectivity index (χ0v) is 10.00. The van der Waals surface area contributed by atoms with Crippen LogP contribution in [0.4, 0.5) is 0 Å². The Kier molecular flexibility index (Phi) is 4.01. The molecule has 0 unspecified atom stereocenters. The van der Waals surface area contributed by atoms with Crippen molar-refractivity contribution < 1.29 is 14.1 Å². The molecule has 2 aromatic heterocycles. The van der Waals surface area contributed by atoms with Gasteiger partial charge in [0.05, 0.1) is 6.61 Å². The second kappa shape index (κ2) is 5.90. The number of carbonyl (C=O) groups is 1. The third kappa shape index (κ3) is 3.38. The monoisotopic (exact) mass is 247 g/mol. The summed E-state index contributed by atoms with van der Waals surface area (Å²) in [5, 5.41) is 3.81. The van der Waals surface area contributed by atoms with Gasteiger partial charge in [-0.05, 0) is 24.6 Å². The molecule has 2 heterocycles. The Hall–Kier alpha value is -2.24. The van der Waals surface area contributed by atoms with E-state index in [2.05, 4.69) is 15.1 Å². The molecule has 0 radical (unpaired) electrons. The van der Waals surface area contributed by atoms with E-state index in [0.717, 1.165) is 5.56 Å². The van der Waals surface area contributed by atoms with Crippen molar-refractivity contribution in [3.05, 3.63) is 41.8 Å². The fourth-order valence-electron chi connectivity index (χ4n) is 1.45. The minimum atomic E-state index is -0.364. The van der Waals surface area contributed by atoms with Crippen LogP contribution in [-0.2, 0) is 22.4 Å². The SMILES string of the molecule is CCOC(=O)Cc1nc(Cc2ccncc2)no1. The van der Waals surface area contributed by atoms with Gasteiger partial charge in [0.15, 0.2) is 5.82 Å². The molecule has 6 heteroatoms. The van der Waals surface area contributed by atoms with Gasteiger partial charge in [-0.15, -0.1) is 0 Å². The third-order valence-electron chi connectivity index (χ3n) is 2.22. The maximum Gasteiger partial charge on any atom is 0.315 e.